The Morgan fingerprint density at radius 2 is 1.56 bits per heavy atom. The molecular formula is C40H46ClN5O17S. The van der Waals surface area contributed by atoms with Gasteiger partial charge in [0.25, 0.3) is 5.91 Å². The first-order valence-electron chi connectivity index (χ1n) is 19.5. The van der Waals surface area contributed by atoms with Crippen molar-refractivity contribution < 1.29 is 78.7 Å². The Morgan fingerprint density at radius 1 is 0.875 bits per heavy atom. The number of ether oxygens (including phenoxy) is 8. The molecule has 1 amide bonds. The largest absolute Gasteiger partial charge is 0.501 e. The molecule has 2 aliphatic rings. The third kappa shape index (κ3) is 12.5. The van der Waals surface area contributed by atoms with Crippen molar-refractivity contribution in [1.29, 1.82) is 0 Å². The lowest BCUT2D eigenvalue weighted by Gasteiger charge is -2.43. The standard InChI is InChI=1S/C40H46ClN5O17S/c1-21(47)56-20-34-36(57-22(2)48)37(58-23(3)49)38(59-24(4)50)40(61-34)60-31-10-7-25(39(51)46(5)12-14-55-13-11-44-45-42)15-33(31)63-64(52,53)62-32-17-30-35(26(18-41)19-43-30)29-16-27(54-6)8-9-28(29)32/h7-10,15-17,26,34,36-38,40,43H,11-14,18-20H2,1-6H3/t26-,34-,36+,37+,38?,40-/m1/s1. The minimum Gasteiger partial charge on any atom is -0.497 e. The first-order valence-corrected chi connectivity index (χ1v) is 21.4. The van der Waals surface area contributed by atoms with Crippen LogP contribution in [0.4, 0.5) is 5.69 Å². The van der Waals surface area contributed by atoms with E-state index >= 15 is 0 Å². The van der Waals surface area contributed by atoms with Crippen molar-refractivity contribution in [3.05, 3.63) is 64.0 Å². The van der Waals surface area contributed by atoms with Gasteiger partial charge in [0, 0.05) is 93.8 Å². The molecule has 1 N–H and O–H groups in total. The number of hydrogen-bond acceptors (Lipinski definition) is 19. The van der Waals surface area contributed by atoms with E-state index in [2.05, 4.69) is 15.3 Å². The summed E-state index contributed by atoms with van der Waals surface area (Å²) in [5.41, 5.74) is 9.75. The van der Waals surface area contributed by atoms with E-state index in [9.17, 15) is 32.4 Å². The van der Waals surface area contributed by atoms with Gasteiger partial charge < -0.3 is 56.5 Å². The number of likely N-dealkylation sites (N-methyl/N-ethyl adjacent to an activating group) is 1. The monoisotopic (exact) mass is 935 g/mol. The molecular weight excluding hydrogens is 890 g/mol. The molecule has 1 saturated heterocycles. The van der Waals surface area contributed by atoms with Gasteiger partial charge in [-0.15, -0.1) is 20.0 Å². The summed E-state index contributed by atoms with van der Waals surface area (Å²) in [5.74, 6) is -4.67. The molecule has 0 bridgehead atoms. The number of azide groups is 1. The van der Waals surface area contributed by atoms with E-state index in [1.807, 2.05) is 0 Å². The first kappa shape index (κ1) is 48.8. The Bertz CT molecular complexity index is 2400. The summed E-state index contributed by atoms with van der Waals surface area (Å²) in [5, 5.41) is 7.57. The molecule has 6 atom stereocenters. The van der Waals surface area contributed by atoms with Crippen LogP contribution in [0.1, 0.15) is 49.5 Å². The van der Waals surface area contributed by atoms with Gasteiger partial charge >= 0.3 is 34.3 Å². The summed E-state index contributed by atoms with van der Waals surface area (Å²) < 4.78 is 83.8. The van der Waals surface area contributed by atoms with Crippen molar-refractivity contribution in [2.45, 2.75) is 64.3 Å². The zero-order valence-corrected chi connectivity index (χ0v) is 37.0. The molecule has 2 heterocycles. The Kier molecular flexibility index (Phi) is 16.7. The van der Waals surface area contributed by atoms with E-state index in [1.165, 1.54) is 31.2 Å². The molecule has 3 aromatic carbocycles. The van der Waals surface area contributed by atoms with Crippen LogP contribution >= 0.6 is 11.6 Å². The fraction of sp³-hybridized carbons (Fsp3) is 0.475. The van der Waals surface area contributed by atoms with E-state index in [0.29, 0.717) is 28.8 Å². The van der Waals surface area contributed by atoms with Gasteiger partial charge in [-0.05, 0) is 52.9 Å². The fourth-order valence-corrected chi connectivity index (χ4v) is 7.87. The number of carbonyl (C=O) groups excluding carboxylic acids is 5. The molecule has 64 heavy (non-hydrogen) atoms. The maximum absolute atomic E-state index is 14.0. The average molecular weight is 936 g/mol. The number of fused-ring (bicyclic) bond motifs is 3. The van der Waals surface area contributed by atoms with E-state index in [-0.39, 0.29) is 49.4 Å². The molecule has 24 heteroatoms. The van der Waals surface area contributed by atoms with E-state index in [1.54, 1.807) is 18.2 Å². The van der Waals surface area contributed by atoms with Crippen molar-refractivity contribution >= 4 is 68.2 Å². The van der Waals surface area contributed by atoms with Crippen LogP contribution in [0, 0.1) is 0 Å². The number of amides is 1. The third-order valence-corrected chi connectivity index (χ3v) is 10.7. The quantitative estimate of drug-likeness (QED) is 0.0317. The summed E-state index contributed by atoms with van der Waals surface area (Å²) in [6.45, 7) is 4.39. The number of carbonyl (C=O) groups is 5. The van der Waals surface area contributed by atoms with Crippen molar-refractivity contribution in [2.75, 3.05) is 64.8 Å². The number of benzene rings is 3. The highest BCUT2D eigenvalue weighted by Crippen LogP contribution is 2.44. The van der Waals surface area contributed by atoms with Gasteiger partial charge in [-0.25, -0.2) is 0 Å². The predicted molar refractivity (Wildman–Crippen MR) is 223 cm³/mol. The zero-order valence-electron chi connectivity index (χ0n) is 35.5. The summed E-state index contributed by atoms with van der Waals surface area (Å²) in [6, 6.07) is 9.89. The van der Waals surface area contributed by atoms with Gasteiger partial charge in [0.1, 0.15) is 18.5 Å². The zero-order chi connectivity index (χ0) is 46.7. The van der Waals surface area contributed by atoms with Crippen LogP contribution in [0.2, 0.25) is 0 Å². The highest BCUT2D eigenvalue weighted by atomic mass is 35.5. The Hall–Kier alpha value is -6.26. The lowest BCUT2D eigenvalue weighted by Crippen LogP contribution is -2.63. The van der Waals surface area contributed by atoms with Crippen LogP contribution in [-0.2, 0) is 58.0 Å². The molecule has 22 nitrogen and oxygen atoms in total. The van der Waals surface area contributed by atoms with Gasteiger partial charge in [0.15, 0.2) is 29.5 Å². The number of anilines is 1. The van der Waals surface area contributed by atoms with Gasteiger partial charge in [0.05, 0.1) is 20.3 Å². The average Bonchev–Trinajstić information content (AvgIpc) is 3.66. The van der Waals surface area contributed by atoms with E-state index in [0.717, 1.165) is 45.4 Å². The Morgan fingerprint density at radius 3 is 2.22 bits per heavy atom. The number of esters is 4. The van der Waals surface area contributed by atoms with Crippen LogP contribution < -0.4 is 23.2 Å². The second-order valence-electron chi connectivity index (χ2n) is 14.2. The lowest BCUT2D eigenvalue weighted by atomic mass is 9.95. The number of alkyl halides is 1. The number of nitrogens with zero attached hydrogens (tertiary/aromatic N) is 4. The van der Waals surface area contributed by atoms with Crippen molar-refractivity contribution in [2.24, 2.45) is 5.11 Å². The maximum Gasteiger partial charge on any atom is 0.501 e. The maximum atomic E-state index is 14.0. The minimum absolute atomic E-state index is 0.0555. The molecule has 1 fully saturated rings. The fourth-order valence-electron chi connectivity index (χ4n) is 6.87. The van der Waals surface area contributed by atoms with Gasteiger partial charge in [-0.2, -0.15) is 0 Å². The normalized spacial score (nSPS) is 20.0. The molecule has 3 aromatic rings. The van der Waals surface area contributed by atoms with Crippen LogP contribution in [0.5, 0.6) is 23.0 Å². The van der Waals surface area contributed by atoms with Crippen molar-refractivity contribution in [1.82, 2.24) is 4.90 Å². The molecule has 0 saturated carbocycles. The van der Waals surface area contributed by atoms with Crippen LogP contribution in [0.25, 0.3) is 21.2 Å². The number of halogens is 1. The first-order chi connectivity index (χ1) is 30.4. The third-order valence-electron chi connectivity index (χ3n) is 9.56. The minimum atomic E-state index is -5.15. The van der Waals surface area contributed by atoms with Crippen molar-refractivity contribution in [3.63, 3.8) is 0 Å². The van der Waals surface area contributed by atoms with Crippen LogP contribution in [0.15, 0.2) is 47.6 Å². The molecule has 5 rings (SSSR count). The predicted octanol–water partition coefficient (Wildman–Crippen LogP) is 4.16. The molecule has 0 aromatic heterocycles. The van der Waals surface area contributed by atoms with E-state index < -0.39 is 89.0 Å². The summed E-state index contributed by atoms with van der Waals surface area (Å²) in [7, 11) is -2.21. The Balaban J connectivity index is 1.56. The second-order valence-corrected chi connectivity index (χ2v) is 15.7. The summed E-state index contributed by atoms with van der Waals surface area (Å²) in [6.07, 6.45) is -8.12. The second kappa shape index (κ2) is 21.9. The molecule has 0 aliphatic carbocycles. The highest BCUT2D eigenvalue weighted by molar-refractivity contribution is 7.82. The number of methoxy groups -OCH3 is 1. The smallest absolute Gasteiger partial charge is 0.497 e. The van der Waals surface area contributed by atoms with Gasteiger partial charge in [0.2, 0.25) is 12.4 Å². The lowest BCUT2D eigenvalue weighted by molar-refractivity contribution is -0.288. The van der Waals surface area contributed by atoms with Crippen LogP contribution in [-0.4, -0.2) is 133 Å². The van der Waals surface area contributed by atoms with Crippen LogP contribution in [0.3, 0.4) is 0 Å². The number of rotatable bonds is 20. The molecule has 346 valence electrons. The van der Waals surface area contributed by atoms with Gasteiger partial charge in [-0.3, -0.25) is 24.0 Å². The topological polar surface area (TPSA) is 276 Å². The molecule has 1 unspecified atom stereocenters. The number of nitrogens with one attached hydrogen (secondary N) is 1. The summed E-state index contributed by atoms with van der Waals surface area (Å²) >= 11 is 6.29. The molecule has 0 radical (unpaired) electrons. The van der Waals surface area contributed by atoms with Crippen molar-refractivity contribution in [3.8, 4) is 23.0 Å². The summed E-state index contributed by atoms with van der Waals surface area (Å²) in [4.78, 5) is 66.6. The molecule has 2 aliphatic heterocycles. The number of hydrogen-bond donors (Lipinski definition) is 1. The highest BCUT2D eigenvalue weighted by Gasteiger charge is 2.53. The molecule has 0 spiro atoms. The van der Waals surface area contributed by atoms with Gasteiger partial charge in [-0.1, -0.05) is 5.11 Å². The Labute approximate surface area is 372 Å². The SMILES string of the molecule is COc1ccc2c(OS(=O)(=O)Oc3cc(C(=O)N(C)CCOCCN=[N+]=[N-])ccc3O[C@@H]3O[C@H](COC(C)=O)[C@H](OC(C)=O)[C@H](OC(C)=O)C3OC(C)=O)cc3c(c2c1)[C@H](CCl)CN3. The van der Waals surface area contributed by atoms with E-state index in [4.69, 9.17) is 63.4 Å².